The highest BCUT2D eigenvalue weighted by molar-refractivity contribution is 6.16. The van der Waals surface area contributed by atoms with Gasteiger partial charge in [-0.3, -0.25) is 4.79 Å². The molecule has 2 nitrogen and oxygen atoms in total. The van der Waals surface area contributed by atoms with E-state index < -0.39 is 0 Å². The molecule has 19 heavy (non-hydrogen) atoms. The lowest BCUT2D eigenvalue weighted by Gasteiger charge is -2.15. The number of rotatable bonds is 3. The van der Waals surface area contributed by atoms with Crippen LogP contribution in [0.15, 0.2) is 34.7 Å². The maximum atomic E-state index is 12.3. The first-order valence-corrected chi connectivity index (χ1v) is 7.12. The first kappa shape index (κ1) is 12.5. The first-order valence-electron chi connectivity index (χ1n) is 6.59. The molecule has 0 bridgehead atoms. The van der Waals surface area contributed by atoms with Crippen molar-refractivity contribution in [1.82, 2.24) is 0 Å². The van der Waals surface area contributed by atoms with Gasteiger partial charge in [-0.1, -0.05) is 12.1 Å². The Morgan fingerprint density at radius 3 is 2.63 bits per heavy atom. The Balaban J connectivity index is 1.91. The quantitative estimate of drug-likeness (QED) is 0.622. The van der Waals surface area contributed by atoms with E-state index in [0.29, 0.717) is 17.1 Å². The number of hydrogen-bond acceptors (Lipinski definition) is 2. The molecule has 0 aliphatic heterocycles. The molecule has 0 unspecified atom stereocenters. The predicted molar refractivity (Wildman–Crippen MR) is 74.8 cm³/mol. The summed E-state index contributed by atoms with van der Waals surface area (Å²) < 4.78 is 5.41. The van der Waals surface area contributed by atoms with E-state index in [0.717, 1.165) is 12.8 Å². The summed E-state index contributed by atoms with van der Waals surface area (Å²) in [5.74, 6) is 1.22. The molecule has 2 aromatic rings. The van der Waals surface area contributed by atoms with Gasteiger partial charge in [0.15, 0.2) is 5.76 Å². The van der Waals surface area contributed by atoms with E-state index in [1.165, 1.54) is 24.0 Å². The summed E-state index contributed by atoms with van der Waals surface area (Å²) in [7, 11) is 0. The Hall–Kier alpha value is -1.54. The molecule has 0 radical (unpaired) electrons. The van der Waals surface area contributed by atoms with Gasteiger partial charge in [-0.25, -0.2) is 0 Å². The number of ketones is 1. The fraction of sp³-hybridized carbons (Fsp3) is 0.312. The van der Waals surface area contributed by atoms with Gasteiger partial charge >= 0.3 is 0 Å². The molecule has 0 N–H and O–H groups in total. The topological polar surface area (TPSA) is 30.2 Å². The lowest BCUT2D eigenvalue weighted by Crippen LogP contribution is -2.06. The molecule has 3 rings (SSSR count). The van der Waals surface area contributed by atoms with Crippen LogP contribution in [0.1, 0.15) is 45.8 Å². The summed E-state index contributed by atoms with van der Waals surface area (Å²) in [5.41, 5.74) is 3.39. The van der Waals surface area contributed by atoms with E-state index >= 15 is 0 Å². The number of furan rings is 1. The van der Waals surface area contributed by atoms with Crippen molar-refractivity contribution in [3.63, 3.8) is 0 Å². The number of aryl methyl sites for hydroxylation is 2. The van der Waals surface area contributed by atoms with Crippen LogP contribution in [0, 0.1) is 0 Å². The lowest BCUT2D eigenvalue weighted by molar-refractivity contribution is 0.101. The molecule has 0 spiro atoms. The normalized spacial score (nSPS) is 14.2. The van der Waals surface area contributed by atoms with Gasteiger partial charge in [0.25, 0.3) is 0 Å². The number of fused-ring (bicyclic) bond motifs is 1. The molecule has 0 amide bonds. The highest BCUT2D eigenvalue weighted by atomic mass is 35.5. The average Bonchev–Trinajstić information content (AvgIpc) is 2.95. The van der Waals surface area contributed by atoms with Crippen LogP contribution in [-0.4, -0.2) is 5.78 Å². The van der Waals surface area contributed by atoms with Crippen LogP contribution in [0.25, 0.3) is 0 Å². The second kappa shape index (κ2) is 5.22. The zero-order valence-electron chi connectivity index (χ0n) is 10.6. The third-order valence-corrected chi connectivity index (χ3v) is 3.89. The maximum absolute atomic E-state index is 12.3. The fourth-order valence-electron chi connectivity index (χ4n) is 2.59. The number of hydrogen-bond donors (Lipinski definition) is 0. The van der Waals surface area contributed by atoms with Crippen LogP contribution >= 0.6 is 11.6 Å². The second-order valence-corrected chi connectivity index (χ2v) is 5.19. The molecular formula is C16H15ClO2. The van der Waals surface area contributed by atoms with Gasteiger partial charge in [0.2, 0.25) is 5.78 Å². The van der Waals surface area contributed by atoms with Crippen molar-refractivity contribution < 1.29 is 9.21 Å². The number of halogens is 1. The van der Waals surface area contributed by atoms with Crippen LogP contribution in [0.5, 0.6) is 0 Å². The Labute approximate surface area is 117 Å². The molecule has 1 aromatic heterocycles. The number of carbonyl (C=O) groups is 1. The summed E-state index contributed by atoms with van der Waals surface area (Å²) in [4.78, 5) is 12.3. The molecular weight excluding hydrogens is 260 g/mol. The van der Waals surface area contributed by atoms with Crippen molar-refractivity contribution in [2.45, 2.75) is 31.6 Å². The van der Waals surface area contributed by atoms with Crippen molar-refractivity contribution in [3.05, 3.63) is 58.5 Å². The molecule has 1 aliphatic rings. The van der Waals surface area contributed by atoms with E-state index in [1.807, 2.05) is 12.1 Å². The van der Waals surface area contributed by atoms with Crippen LogP contribution in [-0.2, 0) is 18.7 Å². The van der Waals surface area contributed by atoms with Gasteiger partial charge < -0.3 is 4.42 Å². The first-order chi connectivity index (χ1) is 9.28. The van der Waals surface area contributed by atoms with Gasteiger partial charge in [-0.05, 0) is 55.0 Å². The van der Waals surface area contributed by atoms with Crippen LogP contribution < -0.4 is 0 Å². The third kappa shape index (κ3) is 2.45. The van der Waals surface area contributed by atoms with Gasteiger partial charge in [0, 0.05) is 5.56 Å². The molecule has 0 saturated heterocycles. The van der Waals surface area contributed by atoms with E-state index in [9.17, 15) is 4.79 Å². The minimum Gasteiger partial charge on any atom is -0.456 e. The Morgan fingerprint density at radius 2 is 1.89 bits per heavy atom. The van der Waals surface area contributed by atoms with Gasteiger partial charge in [0.1, 0.15) is 5.76 Å². The van der Waals surface area contributed by atoms with Crippen molar-refractivity contribution in [3.8, 4) is 0 Å². The van der Waals surface area contributed by atoms with E-state index in [4.69, 9.17) is 16.0 Å². The van der Waals surface area contributed by atoms with E-state index in [1.54, 1.807) is 12.1 Å². The summed E-state index contributed by atoms with van der Waals surface area (Å²) in [6, 6.07) is 9.43. The molecule has 98 valence electrons. The van der Waals surface area contributed by atoms with Crippen molar-refractivity contribution in [2.75, 3.05) is 0 Å². The zero-order chi connectivity index (χ0) is 13.2. The SMILES string of the molecule is O=C(c1ccc2c(c1)CCCC2)c1ccc(CCl)o1. The minimum absolute atomic E-state index is 0.0651. The fourth-order valence-corrected chi connectivity index (χ4v) is 2.73. The summed E-state index contributed by atoms with van der Waals surface area (Å²) in [6.07, 6.45) is 4.65. The number of carbonyl (C=O) groups excluding carboxylic acids is 1. The molecule has 0 saturated carbocycles. The number of benzene rings is 1. The second-order valence-electron chi connectivity index (χ2n) is 4.92. The standard InChI is InChI=1S/C16H15ClO2/c17-10-14-7-8-15(19-14)16(18)13-6-5-11-3-1-2-4-12(11)9-13/h5-9H,1-4,10H2. The van der Waals surface area contributed by atoms with Gasteiger partial charge in [-0.2, -0.15) is 0 Å². The largest absolute Gasteiger partial charge is 0.456 e. The highest BCUT2D eigenvalue weighted by Crippen LogP contribution is 2.24. The smallest absolute Gasteiger partial charge is 0.228 e. The van der Waals surface area contributed by atoms with Crippen molar-refractivity contribution in [1.29, 1.82) is 0 Å². The molecule has 3 heteroatoms. The van der Waals surface area contributed by atoms with Crippen LogP contribution in [0.4, 0.5) is 0 Å². The lowest BCUT2D eigenvalue weighted by atomic mass is 9.89. The third-order valence-electron chi connectivity index (χ3n) is 3.63. The molecule has 0 atom stereocenters. The Kier molecular flexibility index (Phi) is 3.43. The van der Waals surface area contributed by atoms with Crippen LogP contribution in [0.3, 0.4) is 0 Å². The Morgan fingerprint density at radius 1 is 1.11 bits per heavy atom. The monoisotopic (exact) mass is 274 g/mol. The van der Waals surface area contributed by atoms with Crippen LogP contribution in [0.2, 0.25) is 0 Å². The Bertz CT molecular complexity index is 613. The van der Waals surface area contributed by atoms with Gasteiger partial charge in [0.05, 0.1) is 5.88 Å². The van der Waals surface area contributed by atoms with Gasteiger partial charge in [-0.15, -0.1) is 11.6 Å². The molecule has 0 fully saturated rings. The molecule has 1 aliphatic carbocycles. The molecule has 1 aromatic carbocycles. The summed E-state index contributed by atoms with van der Waals surface area (Å²) in [6.45, 7) is 0. The van der Waals surface area contributed by atoms with E-state index in [2.05, 4.69) is 6.07 Å². The van der Waals surface area contributed by atoms with E-state index in [-0.39, 0.29) is 11.7 Å². The summed E-state index contributed by atoms with van der Waals surface area (Å²) in [5, 5.41) is 0. The van der Waals surface area contributed by atoms with Crippen molar-refractivity contribution in [2.24, 2.45) is 0 Å². The average molecular weight is 275 g/mol. The minimum atomic E-state index is -0.0651. The maximum Gasteiger partial charge on any atom is 0.228 e. The summed E-state index contributed by atoms with van der Waals surface area (Å²) >= 11 is 5.68. The van der Waals surface area contributed by atoms with Crippen molar-refractivity contribution >= 4 is 17.4 Å². The highest BCUT2D eigenvalue weighted by Gasteiger charge is 2.16. The predicted octanol–water partition coefficient (Wildman–Crippen LogP) is 4.13. The zero-order valence-corrected chi connectivity index (χ0v) is 11.4. The number of alkyl halides is 1. The molecule has 1 heterocycles.